The van der Waals surface area contributed by atoms with Gasteiger partial charge in [0, 0.05) is 18.9 Å². The fraction of sp³-hybridized carbons (Fsp3) is 0.667. The second kappa shape index (κ2) is 4.90. The van der Waals surface area contributed by atoms with E-state index in [1.807, 2.05) is 0 Å². The van der Waals surface area contributed by atoms with Gasteiger partial charge in [0.1, 0.15) is 5.76 Å². The number of ether oxygens (including phenoxy) is 1. The van der Waals surface area contributed by atoms with Crippen molar-refractivity contribution in [3.8, 4) is 0 Å². The summed E-state index contributed by atoms with van der Waals surface area (Å²) in [6.07, 6.45) is 4.63. The van der Waals surface area contributed by atoms with Crippen molar-refractivity contribution in [2.45, 2.75) is 50.4 Å². The van der Waals surface area contributed by atoms with Crippen molar-refractivity contribution >= 4 is 17.5 Å². The fourth-order valence-electron chi connectivity index (χ4n) is 2.71. The molecule has 5 nitrogen and oxygen atoms in total. The predicted octanol–water partition coefficient (Wildman–Crippen LogP) is 1.70. The Labute approximate surface area is 110 Å². The molecule has 1 amide bonds. The summed E-state index contributed by atoms with van der Waals surface area (Å²) in [5, 5.41) is 6.92. The summed E-state index contributed by atoms with van der Waals surface area (Å²) in [5.74, 6) is 0.669. The normalized spacial score (nSPS) is 29.7. The van der Waals surface area contributed by atoms with E-state index in [0.29, 0.717) is 29.9 Å². The van der Waals surface area contributed by atoms with Gasteiger partial charge in [0.15, 0.2) is 5.15 Å². The summed E-state index contributed by atoms with van der Waals surface area (Å²) >= 11 is 5.63. The first kappa shape index (κ1) is 12.0. The smallest absolute Gasteiger partial charge is 0.220 e. The summed E-state index contributed by atoms with van der Waals surface area (Å²) in [6.45, 7) is 0. The predicted molar refractivity (Wildman–Crippen MR) is 64.3 cm³/mol. The SMILES string of the molecule is O=C(CCc1cc(Cl)no1)N[C@@H]1C[C@@H]2CC[C@H]1O2. The first-order valence-electron chi connectivity index (χ1n) is 6.26. The first-order valence-corrected chi connectivity index (χ1v) is 6.64. The molecule has 1 aromatic rings. The lowest BCUT2D eigenvalue weighted by molar-refractivity contribution is -0.122. The number of fused-ring (bicyclic) bond motifs is 2. The van der Waals surface area contributed by atoms with Crippen LogP contribution in [0.15, 0.2) is 10.6 Å². The van der Waals surface area contributed by atoms with Gasteiger partial charge < -0.3 is 14.6 Å². The van der Waals surface area contributed by atoms with E-state index in [1.165, 1.54) is 0 Å². The number of nitrogens with zero attached hydrogens (tertiary/aromatic N) is 1. The molecule has 18 heavy (non-hydrogen) atoms. The summed E-state index contributed by atoms with van der Waals surface area (Å²) in [4.78, 5) is 11.8. The van der Waals surface area contributed by atoms with E-state index in [4.69, 9.17) is 20.9 Å². The lowest BCUT2D eigenvalue weighted by Gasteiger charge is -2.19. The molecule has 2 bridgehead atoms. The number of aryl methyl sites for hydroxylation is 1. The van der Waals surface area contributed by atoms with E-state index < -0.39 is 0 Å². The van der Waals surface area contributed by atoms with Crippen molar-refractivity contribution < 1.29 is 14.1 Å². The maximum absolute atomic E-state index is 11.8. The monoisotopic (exact) mass is 270 g/mol. The number of halogens is 1. The van der Waals surface area contributed by atoms with E-state index in [-0.39, 0.29) is 18.1 Å². The molecule has 1 aromatic heterocycles. The molecule has 0 radical (unpaired) electrons. The van der Waals surface area contributed by atoms with E-state index in [0.717, 1.165) is 19.3 Å². The zero-order valence-corrected chi connectivity index (χ0v) is 10.7. The van der Waals surface area contributed by atoms with Crippen molar-refractivity contribution in [3.63, 3.8) is 0 Å². The van der Waals surface area contributed by atoms with Gasteiger partial charge in [-0.15, -0.1) is 0 Å². The minimum atomic E-state index is 0.0312. The summed E-state index contributed by atoms with van der Waals surface area (Å²) < 4.78 is 10.6. The Morgan fingerprint density at radius 3 is 3.06 bits per heavy atom. The Balaban J connectivity index is 1.45. The van der Waals surface area contributed by atoms with Gasteiger partial charge in [0.05, 0.1) is 18.2 Å². The molecule has 6 heteroatoms. The quantitative estimate of drug-likeness (QED) is 0.904. The van der Waals surface area contributed by atoms with Crippen LogP contribution in [0.1, 0.15) is 31.4 Å². The molecule has 3 atom stereocenters. The molecule has 2 aliphatic heterocycles. The molecule has 0 aromatic carbocycles. The van der Waals surface area contributed by atoms with Gasteiger partial charge in [-0.2, -0.15) is 0 Å². The molecule has 2 fully saturated rings. The van der Waals surface area contributed by atoms with Crippen LogP contribution >= 0.6 is 11.6 Å². The number of hydrogen-bond acceptors (Lipinski definition) is 4. The van der Waals surface area contributed by atoms with Gasteiger partial charge in [-0.25, -0.2) is 0 Å². The molecular formula is C12H15ClN2O3. The Morgan fingerprint density at radius 1 is 1.56 bits per heavy atom. The van der Waals surface area contributed by atoms with Crippen molar-refractivity contribution in [3.05, 3.63) is 17.0 Å². The van der Waals surface area contributed by atoms with E-state index >= 15 is 0 Å². The Bertz CT molecular complexity index is 448. The summed E-state index contributed by atoms with van der Waals surface area (Å²) in [7, 11) is 0. The second-order valence-corrected chi connectivity index (χ2v) is 5.29. The van der Waals surface area contributed by atoms with Gasteiger partial charge in [0.25, 0.3) is 0 Å². The molecule has 2 saturated heterocycles. The molecule has 3 rings (SSSR count). The number of hydrogen-bond donors (Lipinski definition) is 1. The minimum Gasteiger partial charge on any atom is -0.373 e. The first-order chi connectivity index (χ1) is 8.70. The topological polar surface area (TPSA) is 64.4 Å². The molecule has 3 heterocycles. The standard InChI is InChI=1S/C12H15ClN2O3/c13-11-6-8(18-15-11)2-4-12(16)14-9-5-7-1-3-10(9)17-7/h6-7,9-10H,1-5H2,(H,14,16)/t7-,9+,10+/m0/s1. The molecule has 0 spiro atoms. The van der Waals surface area contributed by atoms with E-state index in [9.17, 15) is 4.79 Å². The molecule has 98 valence electrons. The van der Waals surface area contributed by atoms with Gasteiger partial charge in [0.2, 0.25) is 5.91 Å². The number of amides is 1. The third kappa shape index (κ3) is 2.52. The van der Waals surface area contributed by atoms with Crippen molar-refractivity contribution in [1.29, 1.82) is 0 Å². The van der Waals surface area contributed by atoms with E-state index in [1.54, 1.807) is 6.07 Å². The highest BCUT2D eigenvalue weighted by atomic mass is 35.5. The maximum Gasteiger partial charge on any atom is 0.220 e. The molecule has 0 saturated carbocycles. The second-order valence-electron chi connectivity index (χ2n) is 4.90. The van der Waals surface area contributed by atoms with Crippen LogP contribution in [0.2, 0.25) is 5.15 Å². The number of rotatable bonds is 4. The Hall–Kier alpha value is -1.07. The maximum atomic E-state index is 11.8. The lowest BCUT2D eigenvalue weighted by Crippen LogP contribution is -2.41. The average Bonchev–Trinajstić information content (AvgIpc) is 3.03. The van der Waals surface area contributed by atoms with Gasteiger partial charge in [-0.3, -0.25) is 4.79 Å². The number of carbonyl (C=O) groups excluding carboxylic acids is 1. The molecule has 0 unspecified atom stereocenters. The van der Waals surface area contributed by atoms with Gasteiger partial charge in [-0.05, 0) is 19.3 Å². The molecule has 1 N–H and O–H groups in total. The van der Waals surface area contributed by atoms with Crippen LogP contribution < -0.4 is 5.32 Å². The third-order valence-electron chi connectivity index (χ3n) is 3.58. The Kier molecular flexibility index (Phi) is 3.26. The van der Waals surface area contributed by atoms with Crippen molar-refractivity contribution in [1.82, 2.24) is 10.5 Å². The average molecular weight is 271 g/mol. The van der Waals surface area contributed by atoms with Gasteiger partial charge >= 0.3 is 0 Å². The van der Waals surface area contributed by atoms with Crippen molar-refractivity contribution in [2.24, 2.45) is 0 Å². The van der Waals surface area contributed by atoms with Gasteiger partial charge in [-0.1, -0.05) is 16.8 Å². The number of aromatic nitrogens is 1. The Morgan fingerprint density at radius 2 is 2.44 bits per heavy atom. The molecule has 2 aliphatic rings. The lowest BCUT2D eigenvalue weighted by atomic mass is 9.95. The van der Waals surface area contributed by atoms with Crippen molar-refractivity contribution in [2.75, 3.05) is 0 Å². The summed E-state index contributed by atoms with van der Waals surface area (Å²) in [6, 6.07) is 1.82. The zero-order chi connectivity index (χ0) is 12.5. The van der Waals surface area contributed by atoms with Crippen LogP contribution in [0.25, 0.3) is 0 Å². The summed E-state index contributed by atoms with van der Waals surface area (Å²) in [5.41, 5.74) is 0. The van der Waals surface area contributed by atoms with E-state index in [2.05, 4.69) is 10.5 Å². The highest BCUT2D eigenvalue weighted by Gasteiger charge is 2.41. The largest absolute Gasteiger partial charge is 0.373 e. The highest BCUT2D eigenvalue weighted by molar-refractivity contribution is 6.29. The molecule has 0 aliphatic carbocycles. The number of nitrogens with one attached hydrogen (secondary N) is 1. The highest BCUT2D eigenvalue weighted by Crippen LogP contribution is 2.34. The molecular weight excluding hydrogens is 256 g/mol. The number of carbonyl (C=O) groups is 1. The van der Waals surface area contributed by atoms with Crippen LogP contribution in [0.3, 0.4) is 0 Å². The third-order valence-corrected chi connectivity index (χ3v) is 3.76. The zero-order valence-electron chi connectivity index (χ0n) is 9.89. The van der Waals surface area contributed by atoms with Crippen LogP contribution in [-0.2, 0) is 16.0 Å². The van der Waals surface area contributed by atoms with Crippen LogP contribution in [-0.4, -0.2) is 29.3 Å². The fourth-order valence-corrected chi connectivity index (χ4v) is 2.87. The minimum absolute atomic E-state index is 0.0312. The van der Waals surface area contributed by atoms with Crippen LogP contribution in [0.5, 0.6) is 0 Å². The van der Waals surface area contributed by atoms with Crippen LogP contribution in [0.4, 0.5) is 0 Å². The van der Waals surface area contributed by atoms with Crippen LogP contribution in [0, 0.1) is 0 Å².